The van der Waals surface area contributed by atoms with Crippen LogP contribution in [0.2, 0.25) is 5.02 Å². The molecule has 0 amide bonds. The van der Waals surface area contributed by atoms with Crippen molar-refractivity contribution in [3.05, 3.63) is 27.8 Å². The fourth-order valence-electron chi connectivity index (χ4n) is 1.91. The molecule has 0 spiro atoms. The smallest absolute Gasteiger partial charge is 0.123 e. The first kappa shape index (κ1) is 14.7. The highest BCUT2D eigenvalue weighted by molar-refractivity contribution is 7.80. The molecule has 1 rings (SSSR count). The van der Waals surface area contributed by atoms with Gasteiger partial charge in [-0.3, -0.25) is 0 Å². The number of aryl methyl sites for hydroxylation is 1. The maximum Gasteiger partial charge on any atom is 0.123 e. The largest absolute Gasteiger partial charge is 0.494 e. The summed E-state index contributed by atoms with van der Waals surface area (Å²) in [5, 5.41) is 0.856. The molecule has 0 heterocycles. The molecule has 0 aliphatic carbocycles. The first-order valence-electron chi connectivity index (χ1n) is 6.03. The van der Waals surface area contributed by atoms with Crippen molar-refractivity contribution in [1.29, 1.82) is 0 Å². The molecule has 0 saturated carbocycles. The van der Waals surface area contributed by atoms with Crippen molar-refractivity contribution in [3.8, 4) is 5.75 Å². The van der Waals surface area contributed by atoms with Gasteiger partial charge in [-0.05, 0) is 61.6 Å². The molecular weight excluding hydrogens is 252 g/mol. The highest BCUT2D eigenvalue weighted by Crippen LogP contribution is 2.33. The molecular formula is C14H21ClOS. The summed E-state index contributed by atoms with van der Waals surface area (Å²) in [4.78, 5) is 0. The number of benzene rings is 1. The van der Waals surface area contributed by atoms with E-state index in [9.17, 15) is 0 Å². The highest BCUT2D eigenvalue weighted by atomic mass is 35.5. The molecule has 0 aliphatic heterocycles. The third kappa shape index (κ3) is 3.56. The van der Waals surface area contributed by atoms with Gasteiger partial charge in [0.2, 0.25) is 0 Å². The molecule has 0 radical (unpaired) electrons. The van der Waals surface area contributed by atoms with E-state index in [1.165, 1.54) is 5.56 Å². The molecule has 0 aliphatic rings. The summed E-state index contributed by atoms with van der Waals surface area (Å²) in [6.07, 6.45) is 0.963. The third-order valence-electron chi connectivity index (χ3n) is 2.94. The fraction of sp³-hybridized carbons (Fsp3) is 0.571. The average Bonchev–Trinajstić information content (AvgIpc) is 2.31. The van der Waals surface area contributed by atoms with Crippen LogP contribution in [0.25, 0.3) is 0 Å². The summed E-state index contributed by atoms with van der Waals surface area (Å²) in [6.45, 7) is 8.96. The van der Waals surface area contributed by atoms with Crippen molar-refractivity contribution in [2.45, 2.75) is 34.1 Å². The van der Waals surface area contributed by atoms with E-state index in [-0.39, 0.29) is 0 Å². The van der Waals surface area contributed by atoms with E-state index in [0.717, 1.165) is 34.1 Å². The topological polar surface area (TPSA) is 9.23 Å². The van der Waals surface area contributed by atoms with Crippen molar-refractivity contribution in [2.75, 3.05) is 12.4 Å². The predicted molar refractivity (Wildman–Crippen MR) is 78.8 cm³/mol. The van der Waals surface area contributed by atoms with Gasteiger partial charge in [-0.1, -0.05) is 18.5 Å². The van der Waals surface area contributed by atoms with E-state index >= 15 is 0 Å². The van der Waals surface area contributed by atoms with Crippen LogP contribution in [0.3, 0.4) is 0 Å². The van der Waals surface area contributed by atoms with E-state index in [1.54, 1.807) is 0 Å². The van der Waals surface area contributed by atoms with Crippen molar-refractivity contribution >= 4 is 24.2 Å². The monoisotopic (exact) mass is 272 g/mol. The van der Waals surface area contributed by atoms with Gasteiger partial charge in [-0.15, -0.1) is 0 Å². The van der Waals surface area contributed by atoms with Gasteiger partial charge in [0.1, 0.15) is 5.75 Å². The Morgan fingerprint density at radius 3 is 2.59 bits per heavy atom. The second-order valence-electron chi connectivity index (χ2n) is 4.53. The van der Waals surface area contributed by atoms with Crippen molar-refractivity contribution < 1.29 is 4.74 Å². The summed E-state index contributed by atoms with van der Waals surface area (Å²) in [5.41, 5.74) is 3.45. The van der Waals surface area contributed by atoms with E-state index in [4.69, 9.17) is 16.3 Å². The minimum Gasteiger partial charge on any atom is -0.494 e. The first-order valence-corrected chi connectivity index (χ1v) is 7.04. The Labute approximate surface area is 115 Å². The minimum atomic E-state index is 0.523. The predicted octanol–water partition coefficient (Wildman–Crippen LogP) is 4.46. The highest BCUT2D eigenvalue weighted by Gasteiger charge is 2.15. The lowest BCUT2D eigenvalue weighted by molar-refractivity contribution is 0.334. The molecule has 1 aromatic carbocycles. The van der Waals surface area contributed by atoms with E-state index in [2.05, 4.69) is 26.5 Å². The number of hydrogen-bond donors (Lipinski definition) is 1. The average molecular weight is 273 g/mol. The SMILES string of the molecule is CCOc1cc(C)c(Cl)c(C)c1CC(C)CS. The maximum atomic E-state index is 6.31. The number of halogens is 1. The number of hydrogen-bond acceptors (Lipinski definition) is 2. The summed E-state index contributed by atoms with van der Waals surface area (Å²) >= 11 is 10.6. The van der Waals surface area contributed by atoms with Crippen LogP contribution in [0.15, 0.2) is 6.07 Å². The molecule has 0 aromatic heterocycles. The van der Waals surface area contributed by atoms with Crippen LogP contribution in [0.1, 0.15) is 30.5 Å². The number of rotatable bonds is 5. The third-order valence-corrected chi connectivity index (χ3v) is 4.14. The molecule has 0 bridgehead atoms. The molecule has 17 heavy (non-hydrogen) atoms. The Balaban J connectivity index is 3.18. The number of thiol groups is 1. The fourth-order valence-corrected chi connectivity index (χ4v) is 2.21. The molecule has 3 heteroatoms. The first-order chi connectivity index (χ1) is 8.01. The molecule has 0 N–H and O–H groups in total. The van der Waals surface area contributed by atoms with Crippen LogP contribution in [-0.2, 0) is 6.42 Å². The van der Waals surface area contributed by atoms with Crippen LogP contribution >= 0.6 is 24.2 Å². The standard InChI is InChI=1S/C14H21ClOS/c1-5-16-13-7-10(3)14(15)11(4)12(13)6-9(2)8-17/h7,9,17H,5-6,8H2,1-4H3. The van der Waals surface area contributed by atoms with Gasteiger partial charge in [0, 0.05) is 5.02 Å². The molecule has 1 unspecified atom stereocenters. The van der Waals surface area contributed by atoms with Crippen molar-refractivity contribution in [1.82, 2.24) is 0 Å². The molecule has 0 fully saturated rings. The van der Waals surface area contributed by atoms with Gasteiger partial charge in [-0.25, -0.2) is 0 Å². The zero-order valence-electron chi connectivity index (χ0n) is 11.0. The maximum absolute atomic E-state index is 6.31. The lowest BCUT2D eigenvalue weighted by Gasteiger charge is -2.18. The second-order valence-corrected chi connectivity index (χ2v) is 5.28. The zero-order chi connectivity index (χ0) is 13.0. The molecule has 1 nitrogen and oxygen atoms in total. The molecule has 0 saturated heterocycles. The van der Waals surface area contributed by atoms with Crippen molar-refractivity contribution in [3.63, 3.8) is 0 Å². The zero-order valence-corrected chi connectivity index (χ0v) is 12.7. The Morgan fingerprint density at radius 2 is 2.06 bits per heavy atom. The number of ether oxygens (including phenoxy) is 1. The van der Waals surface area contributed by atoms with E-state index in [0.29, 0.717) is 12.5 Å². The van der Waals surface area contributed by atoms with Crippen molar-refractivity contribution in [2.24, 2.45) is 5.92 Å². The summed E-state index contributed by atoms with van der Waals surface area (Å²) in [5.74, 6) is 2.37. The van der Waals surface area contributed by atoms with E-state index < -0.39 is 0 Å². The Kier molecular flexibility index (Phi) is 5.68. The van der Waals surface area contributed by atoms with Crippen LogP contribution in [0.5, 0.6) is 5.75 Å². The normalized spacial score (nSPS) is 12.6. The van der Waals surface area contributed by atoms with Gasteiger partial charge >= 0.3 is 0 Å². The quantitative estimate of drug-likeness (QED) is 0.779. The Hall–Kier alpha value is -0.340. The van der Waals surface area contributed by atoms with Crippen LogP contribution < -0.4 is 4.74 Å². The van der Waals surface area contributed by atoms with Gasteiger partial charge in [0.15, 0.2) is 0 Å². The molecule has 1 atom stereocenters. The summed E-state index contributed by atoms with van der Waals surface area (Å²) in [7, 11) is 0. The molecule has 1 aromatic rings. The summed E-state index contributed by atoms with van der Waals surface area (Å²) < 4.78 is 5.72. The minimum absolute atomic E-state index is 0.523. The van der Waals surface area contributed by atoms with Crippen LogP contribution in [0, 0.1) is 19.8 Å². The second kappa shape index (κ2) is 6.55. The van der Waals surface area contributed by atoms with Gasteiger partial charge in [0.05, 0.1) is 6.61 Å². The Bertz CT molecular complexity index is 390. The lowest BCUT2D eigenvalue weighted by Crippen LogP contribution is -2.07. The lowest BCUT2D eigenvalue weighted by atomic mass is 9.96. The Morgan fingerprint density at radius 1 is 1.41 bits per heavy atom. The molecule has 96 valence electrons. The van der Waals surface area contributed by atoms with E-state index in [1.807, 2.05) is 19.9 Å². The van der Waals surface area contributed by atoms with Crippen LogP contribution in [0.4, 0.5) is 0 Å². The summed E-state index contributed by atoms with van der Waals surface area (Å²) in [6, 6.07) is 2.04. The van der Waals surface area contributed by atoms with Crippen LogP contribution in [-0.4, -0.2) is 12.4 Å². The van der Waals surface area contributed by atoms with Gasteiger partial charge in [-0.2, -0.15) is 12.6 Å². The van der Waals surface area contributed by atoms with Gasteiger partial charge in [0.25, 0.3) is 0 Å². The van der Waals surface area contributed by atoms with Gasteiger partial charge < -0.3 is 4.74 Å².